The summed E-state index contributed by atoms with van der Waals surface area (Å²) in [5.74, 6) is 0.158. The summed E-state index contributed by atoms with van der Waals surface area (Å²) >= 11 is 0. The lowest BCUT2D eigenvalue weighted by molar-refractivity contribution is -0.144. The lowest BCUT2D eigenvalue weighted by Gasteiger charge is -2.03. The highest BCUT2D eigenvalue weighted by Crippen LogP contribution is 2.41. The van der Waals surface area contributed by atoms with E-state index in [4.69, 9.17) is 4.74 Å². The van der Waals surface area contributed by atoms with Crippen molar-refractivity contribution in [3.63, 3.8) is 0 Å². The molecule has 0 aromatic heterocycles. The van der Waals surface area contributed by atoms with E-state index in [2.05, 4.69) is 11.6 Å². The molecule has 0 N–H and O–H groups in total. The van der Waals surface area contributed by atoms with Crippen LogP contribution in [0.4, 0.5) is 0 Å². The van der Waals surface area contributed by atoms with Gasteiger partial charge < -0.3 is 4.74 Å². The Labute approximate surface area is 91.2 Å². The van der Waals surface area contributed by atoms with Crippen LogP contribution in [-0.4, -0.2) is 24.3 Å². The first-order valence-corrected chi connectivity index (χ1v) is 5.46. The minimum absolute atomic E-state index is 0.0143. The smallest absolute Gasteiger partial charge is 0.309 e. The van der Waals surface area contributed by atoms with E-state index in [9.17, 15) is 4.79 Å². The summed E-state index contributed by atoms with van der Waals surface area (Å²) in [7, 11) is 0. The van der Waals surface area contributed by atoms with E-state index in [1.807, 2.05) is 20.8 Å². The first-order valence-electron chi connectivity index (χ1n) is 5.46. The highest BCUT2D eigenvalue weighted by molar-refractivity contribution is 6.02. The van der Waals surface area contributed by atoms with Gasteiger partial charge in [-0.25, -0.2) is 0 Å². The third-order valence-electron chi connectivity index (χ3n) is 2.38. The number of aliphatic imine (C=N–C) groups is 1. The molecule has 0 spiro atoms. The Balaban J connectivity index is 2.54. The highest BCUT2D eigenvalue weighted by Gasteiger charge is 2.46. The largest absolute Gasteiger partial charge is 0.466 e. The predicted molar refractivity (Wildman–Crippen MR) is 61.0 cm³/mol. The first kappa shape index (κ1) is 12.0. The van der Waals surface area contributed by atoms with Crippen molar-refractivity contribution in [1.29, 1.82) is 0 Å². The average molecular weight is 209 g/mol. The number of allylic oxidation sites excluding steroid dienone is 1. The van der Waals surface area contributed by atoms with E-state index in [1.54, 1.807) is 6.08 Å². The van der Waals surface area contributed by atoms with Gasteiger partial charge in [-0.1, -0.05) is 6.58 Å². The van der Waals surface area contributed by atoms with E-state index >= 15 is 0 Å². The summed E-state index contributed by atoms with van der Waals surface area (Å²) in [5.41, 5.74) is 0.947. The topological polar surface area (TPSA) is 38.7 Å². The van der Waals surface area contributed by atoms with Crippen molar-refractivity contribution >= 4 is 11.7 Å². The molecule has 3 heteroatoms. The van der Waals surface area contributed by atoms with E-state index in [0.717, 1.165) is 12.1 Å². The van der Waals surface area contributed by atoms with Gasteiger partial charge in [0.25, 0.3) is 0 Å². The van der Waals surface area contributed by atoms with Crippen molar-refractivity contribution in [3.8, 4) is 0 Å². The molecular weight excluding hydrogens is 190 g/mol. The molecule has 2 unspecified atom stereocenters. The second-order valence-electron chi connectivity index (χ2n) is 4.05. The number of ether oxygens (including phenoxy) is 1. The lowest BCUT2D eigenvalue weighted by atomic mass is 10.2. The van der Waals surface area contributed by atoms with Crippen molar-refractivity contribution in [2.45, 2.75) is 33.2 Å². The third-order valence-corrected chi connectivity index (χ3v) is 2.38. The molecule has 0 heterocycles. The number of carbonyl (C=O) groups excluding carboxylic acids is 1. The molecule has 0 aliphatic heterocycles. The van der Waals surface area contributed by atoms with Gasteiger partial charge >= 0.3 is 5.97 Å². The van der Waals surface area contributed by atoms with Gasteiger partial charge in [0, 0.05) is 17.7 Å². The fraction of sp³-hybridized carbons (Fsp3) is 0.667. The first-order chi connectivity index (χ1) is 7.10. The number of carbonyl (C=O) groups is 1. The quantitative estimate of drug-likeness (QED) is 0.514. The van der Waals surface area contributed by atoms with Gasteiger partial charge in [-0.05, 0) is 33.3 Å². The summed E-state index contributed by atoms with van der Waals surface area (Å²) in [6, 6.07) is 0.251. The molecule has 3 nitrogen and oxygen atoms in total. The zero-order valence-electron chi connectivity index (χ0n) is 9.69. The Hall–Kier alpha value is -1.12. The Morgan fingerprint density at radius 1 is 1.60 bits per heavy atom. The number of esters is 1. The Bertz CT molecular complexity index is 281. The van der Waals surface area contributed by atoms with Crippen molar-refractivity contribution in [3.05, 3.63) is 12.7 Å². The van der Waals surface area contributed by atoms with E-state index in [0.29, 0.717) is 6.61 Å². The molecule has 0 bridgehead atoms. The fourth-order valence-electron chi connectivity index (χ4n) is 1.63. The van der Waals surface area contributed by atoms with Crippen LogP contribution in [0.2, 0.25) is 0 Å². The van der Waals surface area contributed by atoms with Crippen molar-refractivity contribution in [1.82, 2.24) is 0 Å². The SMILES string of the molecule is C=C/C(=N\C(C)C)C1CC1C(=O)OCC. The van der Waals surface area contributed by atoms with Crippen LogP contribution in [0.5, 0.6) is 0 Å². The molecule has 1 fully saturated rings. The molecule has 0 aromatic carbocycles. The maximum atomic E-state index is 11.4. The minimum Gasteiger partial charge on any atom is -0.466 e. The molecular formula is C12H19NO2. The fourth-order valence-corrected chi connectivity index (χ4v) is 1.63. The van der Waals surface area contributed by atoms with Crippen LogP contribution in [0.3, 0.4) is 0 Å². The summed E-state index contributed by atoms with van der Waals surface area (Å²) in [6.45, 7) is 10.0. The maximum Gasteiger partial charge on any atom is 0.309 e. The number of rotatable bonds is 5. The molecule has 0 amide bonds. The second-order valence-corrected chi connectivity index (χ2v) is 4.05. The Kier molecular flexibility index (Phi) is 4.06. The van der Waals surface area contributed by atoms with Crippen molar-refractivity contribution < 1.29 is 9.53 Å². The van der Waals surface area contributed by atoms with E-state index in [-0.39, 0.29) is 23.8 Å². The summed E-state index contributed by atoms with van der Waals surface area (Å²) < 4.78 is 4.97. The standard InChI is InChI=1S/C12H19NO2/c1-5-11(13-8(3)4)9-7-10(9)12(14)15-6-2/h5,8-10H,1,6-7H2,2-4H3/b13-11+. The molecule has 1 aliphatic carbocycles. The molecule has 0 radical (unpaired) electrons. The van der Waals surface area contributed by atoms with Crippen LogP contribution in [0.25, 0.3) is 0 Å². The normalized spacial score (nSPS) is 25.2. The summed E-state index contributed by atoms with van der Waals surface area (Å²) in [5, 5.41) is 0. The Morgan fingerprint density at radius 2 is 2.27 bits per heavy atom. The van der Waals surface area contributed by atoms with Crippen molar-refractivity contribution in [2.75, 3.05) is 6.61 Å². The van der Waals surface area contributed by atoms with Gasteiger partial charge in [0.15, 0.2) is 0 Å². The van der Waals surface area contributed by atoms with Gasteiger partial charge in [-0.15, -0.1) is 0 Å². The molecule has 1 aliphatic rings. The monoisotopic (exact) mass is 209 g/mol. The van der Waals surface area contributed by atoms with Gasteiger partial charge in [0.05, 0.1) is 12.5 Å². The van der Waals surface area contributed by atoms with Crippen LogP contribution < -0.4 is 0 Å². The highest BCUT2D eigenvalue weighted by atomic mass is 16.5. The number of nitrogens with zero attached hydrogens (tertiary/aromatic N) is 1. The molecule has 0 saturated heterocycles. The van der Waals surface area contributed by atoms with E-state index < -0.39 is 0 Å². The van der Waals surface area contributed by atoms with Crippen LogP contribution in [0.1, 0.15) is 27.2 Å². The van der Waals surface area contributed by atoms with Crippen LogP contribution >= 0.6 is 0 Å². The van der Waals surface area contributed by atoms with Gasteiger partial charge in [0.2, 0.25) is 0 Å². The molecule has 15 heavy (non-hydrogen) atoms. The zero-order chi connectivity index (χ0) is 11.4. The molecule has 1 saturated carbocycles. The number of hydrogen-bond acceptors (Lipinski definition) is 3. The second kappa shape index (κ2) is 5.10. The predicted octanol–water partition coefficient (Wildman–Crippen LogP) is 2.22. The minimum atomic E-state index is -0.0965. The zero-order valence-corrected chi connectivity index (χ0v) is 9.69. The van der Waals surface area contributed by atoms with Gasteiger partial charge in [-0.2, -0.15) is 0 Å². The summed E-state index contributed by atoms with van der Waals surface area (Å²) in [4.78, 5) is 15.9. The molecule has 84 valence electrons. The maximum absolute atomic E-state index is 11.4. The van der Waals surface area contributed by atoms with Gasteiger partial charge in [-0.3, -0.25) is 9.79 Å². The Morgan fingerprint density at radius 3 is 2.73 bits per heavy atom. The molecule has 2 atom stereocenters. The average Bonchev–Trinajstić information content (AvgIpc) is 2.93. The summed E-state index contributed by atoms with van der Waals surface area (Å²) in [6.07, 6.45) is 2.61. The molecule has 0 aromatic rings. The van der Waals surface area contributed by atoms with Crippen LogP contribution in [-0.2, 0) is 9.53 Å². The lowest BCUT2D eigenvalue weighted by Crippen LogP contribution is -2.11. The third kappa shape index (κ3) is 3.18. The molecule has 1 rings (SSSR count). The van der Waals surface area contributed by atoms with Crippen LogP contribution in [0.15, 0.2) is 17.6 Å². The van der Waals surface area contributed by atoms with Crippen LogP contribution in [0, 0.1) is 11.8 Å². The van der Waals surface area contributed by atoms with Gasteiger partial charge in [0.1, 0.15) is 0 Å². The van der Waals surface area contributed by atoms with Crippen molar-refractivity contribution in [2.24, 2.45) is 16.8 Å². The van der Waals surface area contributed by atoms with E-state index in [1.165, 1.54) is 0 Å². The number of hydrogen-bond donors (Lipinski definition) is 0.